The van der Waals surface area contributed by atoms with Crippen LogP contribution in [0.3, 0.4) is 0 Å². The summed E-state index contributed by atoms with van der Waals surface area (Å²) in [6.45, 7) is 9.17. The van der Waals surface area contributed by atoms with E-state index >= 15 is 0 Å². The number of phenols is 1. The molecule has 0 aromatic heterocycles. The van der Waals surface area contributed by atoms with E-state index in [2.05, 4.69) is 32.6 Å². The SMILES string of the molecule is CC(C)N(CCC(c1ccccc1)c1cc(C(F)(F)F)ccc1O)C(C)C.O=C(O)C(O)C(O)C(=O)O. The van der Waals surface area contributed by atoms with E-state index in [1.54, 1.807) is 0 Å². The van der Waals surface area contributed by atoms with Gasteiger partial charge >= 0.3 is 18.1 Å². The maximum Gasteiger partial charge on any atom is 0.416 e. The molecule has 8 nitrogen and oxygen atoms in total. The van der Waals surface area contributed by atoms with Crippen LogP contribution in [0.5, 0.6) is 5.75 Å². The summed E-state index contributed by atoms with van der Waals surface area (Å²) >= 11 is 0. The molecule has 0 amide bonds. The number of halogens is 3. The van der Waals surface area contributed by atoms with E-state index in [9.17, 15) is 27.9 Å². The zero-order valence-corrected chi connectivity index (χ0v) is 21.1. The number of aromatic hydroxyl groups is 1. The van der Waals surface area contributed by atoms with Gasteiger partial charge in [-0.05, 0) is 64.4 Å². The summed E-state index contributed by atoms with van der Waals surface area (Å²) < 4.78 is 39.6. The molecular formula is C26H34F3NO7. The first-order valence-electron chi connectivity index (χ1n) is 11.6. The second-order valence-corrected chi connectivity index (χ2v) is 9.01. The zero-order chi connectivity index (χ0) is 28.5. The summed E-state index contributed by atoms with van der Waals surface area (Å²) in [5.41, 5.74) is 0.490. The Morgan fingerprint density at radius 2 is 1.35 bits per heavy atom. The third-order valence-electron chi connectivity index (χ3n) is 5.74. The van der Waals surface area contributed by atoms with Crippen molar-refractivity contribution in [1.29, 1.82) is 0 Å². The summed E-state index contributed by atoms with van der Waals surface area (Å²) in [5, 5.41) is 42.9. The molecule has 0 bridgehead atoms. The maximum absolute atomic E-state index is 13.2. The van der Waals surface area contributed by atoms with Gasteiger partial charge in [0.15, 0.2) is 12.2 Å². The van der Waals surface area contributed by atoms with Crippen LogP contribution in [0.15, 0.2) is 48.5 Å². The van der Waals surface area contributed by atoms with Gasteiger partial charge in [0.25, 0.3) is 0 Å². The highest BCUT2D eigenvalue weighted by molar-refractivity contribution is 5.83. The highest BCUT2D eigenvalue weighted by Crippen LogP contribution is 2.39. The van der Waals surface area contributed by atoms with E-state index in [4.69, 9.17) is 20.4 Å². The lowest BCUT2D eigenvalue weighted by Gasteiger charge is -2.32. The Bertz CT molecular complexity index is 987. The van der Waals surface area contributed by atoms with Crippen molar-refractivity contribution in [3.05, 3.63) is 65.2 Å². The minimum Gasteiger partial charge on any atom is -0.508 e. The normalized spacial score (nSPS) is 14.2. The molecule has 206 valence electrons. The van der Waals surface area contributed by atoms with Crippen LogP contribution in [0.1, 0.15) is 56.7 Å². The number of carboxylic acids is 2. The Labute approximate surface area is 213 Å². The van der Waals surface area contributed by atoms with Crippen molar-refractivity contribution in [3.8, 4) is 5.75 Å². The third kappa shape index (κ3) is 9.67. The molecule has 2 aromatic rings. The average Bonchev–Trinajstić information content (AvgIpc) is 2.81. The van der Waals surface area contributed by atoms with Crippen molar-refractivity contribution in [3.63, 3.8) is 0 Å². The predicted octanol–water partition coefficient (Wildman–Crippen LogP) is 3.93. The second kappa shape index (κ2) is 14.0. The maximum atomic E-state index is 13.2. The molecule has 0 saturated heterocycles. The van der Waals surface area contributed by atoms with Gasteiger partial charge in [0.2, 0.25) is 0 Å². The first-order chi connectivity index (χ1) is 17.1. The van der Waals surface area contributed by atoms with E-state index in [0.717, 1.165) is 30.3 Å². The molecule has 3 atom stereocenters. The summed E-state index contributed by atoms with van der Waals surface area (Å²) in [6.07, 6.45) is -8.35. The minimum atomic E-state index is -4.44. The van der Waals surface area contributed by atoms with Crippen LogP contribution in [0.25, 0.3) is 0 Å². The largest absolute Gasteiger partial charge is 0.508 e. The minimum absolute atomic E-state index is 0.0995. The van der Waals surface area contributed by atoms with E-state index in [1.165, 1.54) is 0 Å². The number of hydrogen-bond acceptors (Lipinski definition) is 6. The quantitative estimate of drug-likeness (QED) is 0.312. The highest BCUT2D eigenvalue weighted by Gasteiger charge is 2.32. The van der Waals surface area contributed by atoms with Gasteiger partial charge in [0.05, 0.1) is 5.56 Å². The molecule has 5 N–H and O–H groups in total. The lowest BCUT2D eigenvalue weighted by molar-refractivity contribution is -0.165. The number of aliphatic carboxylic acids is 2. The Morgan fingerprint density at radius 3 is 1.76 bits per heavy atom. The molecule has 11 heteroatoms. The van der Waals surface area contributed by atoms with E-state index in [-0.39, 0.29) is 11.7 Å². The molecule has 0 aliphatic carbocycles. The Kier molecular flexibility index (Phi) is 12.0. The van der Waals surface area contributed by atoms with E-state index in [1.807, 2.05) is 30.3 Å². The van der Waals surface area contributed by atoms with Crippen LogP contribution in [0.4, 0.5) is 13.2 Å². The van der Waals surface area contributed by atoms with Crippen molar-refractivity contribution in [1.82, 2.24) is 4.90 Å². The molecule has 0 aliphatic heterocycles. The van der Waals surface area contributed by atoms with Gasteiger partial charge < -0.3 is 25.5 Å². The van der Waals surface area contributed by atoms with Gasteiger partial charge in [-0.2, -0.15) is 13.2 Å². The summed E-state index contributed by atoms with van der Waals surface area (Å²) in [5.74, 6) is -3.95. The summed E-state index contributed by atoms with van der Waals surface area (Å²) in [4.78, 5) is 21.8. The molecule has 0 fully saturated rings. The molecule has 0 spiro atoms. The molecule has 0 heterocycles. The number of alkyl halides is 3. The fourth-order valence-corrected chi connectivity index (χ4v) is 3.86. The molecule has 0 saturated carbocycles. The molecule has 0 radical (unpaired) electrons. The van der Waals surface area contributed by atoms with Crippen LogP contribution in [-0.4, -0.2) is 73.2 Å². The number of aliphatic hydroxyl groups excluding tert-OH is 2. The van der Waals surface area contributed by atoms with Gasteiger partial charge in [0.1, 0.15) is 5.75 Å². The molecule has 2 aromatic carbocycles. The van der Waals surface area contributed by atoms with Crippen LogP contribution in [0, 0.1) is 0 Å². The monoisotopic (exact) mass is 529 g/mol. The van der Waals surface area contributed by atoms with Crippen LogP contribution < -0.4 is 0 Å². The van der Waals surface area contributed by atoms with Crippen molar-refractivity contribution in [2.45, 2.75) is 70.5 Å². The van der Waals surface area contributed by atoms with E-state index < -0.39 is 35.9 Å². The number of carboxylic acid groups (broad SMARTS) is 2. The van der Waals surface area contributed by atoms with Crippen molar-refractivity contribution < 1.29 is 48.3 Å². The molecule has 3 unspecified atom stereocenters. The standard InChI is InChI=1S/C22H28F3NO.C4H6O6/c1-15(2)26(16(3)4)13-12-19(17-8-6-5-7-9-17)20-14-18(22(23,24)25)10-11-21(20)27;5-1(3(7)8)2(6)4(9)10/h5-11,14-16,19,27H,12-13H2,1-4H3;1-2,5-6H,(H,7,8)(H,9,10). The molecule has 37 heavy (non-hydrogen) atoms. The Morgan fingerprint density at radius 1 is 0.865 bits per heavy atom. The average molecular weight is 530 g/mol. The number of phenolic OH excluding ortho intramolecular Hbond substituents is 1. The summed E-state index contributed by atoms with van der Waals surface area (Å²) in [6, 6.07) is 13.2. The first kappa shape index (κ1) is 31.9. The number of aliphatic hydroxyl groups is 2. The number of carbonyl (C=O) groups is 2. The van der Waals surface area contributed by atoms with Gasteiger partial charge in [-0.15, -0.1) is 0 Å². The predicted molar refractivity (Wildman–Crippen MR) is 130 cm³/mol. The van der Waals surface area contributed by atoms with E-state index in [0.29, 0.717) is 24.1 Å². The summed E-state index contributed by atoms with van der Waals surface area (Å²) in [7, 11) is 0. The van der Waals surface area contributed by atoms with Gasteiger partial charge in [-0.1, -0.05) is 30.3 Å². The molecule has 0 aliphatic rings. The van der Waals surface area contributed by atoms with Gasteiger partial charge in [-0.3, -0.25) is 4.90 Å². The lowest BCUT2D eigenvalue weighted by atomic mass is 9.86. The zero-order valence-electron chi connectivity index (χ0n) is 21.1. The molecule has 2 rings (SSSR count). The fourth-order valence-electron chi connectivity index (χ4n) is 3.86. The van der Waals surface area contributed by atoms with Crippen molar-refractivity contribution in [2.24, 2.45) is 0 Å². The van der Waals surface area contributed by atoms with Crippen LogP contribution >= 0.6 is 0 Å². The third-order valence-corrected chi connectivity index (χ3v) is 5.74. The number of nitrogens with zero attached hydrogens (tertiary/aromatic N) is 1. The smallest absolute Gasteiger partial charge is 0.416 e. The van der Waals surface area contributed by atoms with Crippen LogP contribution in [-0.2, 0) is 15.8 Å². The second-order valence-electron chi connectivity index (χ2n) is 9.01. The first-order valence-corrected chi connectivity index (χ1v) is 11.6. The highest BCUT2D eigenvalue weighted by atomic mass is 19.4. The molecular weight excluding hydrogens is 495 g/mol. The number of hydrogen-bond donors (Lipinski definition) is 5. The van der Waals surface area contributed by atoms with Crippen molar-refractivity contribution >= 4 is 11.9 Å². The van der Waals surface area contributed by atoms with Gasteiger partial charge in [0, 0.05) is 23.6 Å². The van der Waals surface area contributed by atoms with Crippen molar-refractivity contribution in [2.75, 3.05) is 6.54 Å². The number of rotatable bonds is 10. The Balaban J connectivity index is 0.000000580. The Hall–Kier alpha value is -3.15. The lowest BCUT2D eigenvalue weighted by Crippen LogP contribution is -2.39. The topological polar surface area (TPSA) is 139 Å². The fraction of sp³-hybridized carbons (Fsp3) is 0.462. The number of benzene rings is 2. The van der Waals surface area contributed by atoms with Gasteiger partial charge in [-0.25, -0.2) is 9.59 Å². The van der Waals surface area contributed by atoms with Crippen LogP contribution in [0.2, 0.25) is 0 Å².